The van der Waals surface area contributed by atoms with Crippen molar-refractivity contribution in [3.05, 3.63) is 59.4 Å². The molecular weight excluding hydrogens is 248 g/mol. The molecule has 102 valence electrons. The predicted octanol–water partition coefficient (Wildman–Crippen LogP) is 2.56. The lowest BCUT2D eigenvalue weighted by Gasteiger charge is -2.21. The van der Waals surface area contributed by atoms with Gasteiger partial charge in [0.2, 0.25) is 0 Å². The largest absolute Gasteiger partial charge is 0.398 e. The SMILES string of the molecule is CCN(Cc1ccccc1N)Cc1cccnc1C#N. The van der Waals surface area contributed by atoms with Gasteiger partial charge < -0.3 is 5.73 Å². The molecule has 0 atom stereocenters. The molecule has 4 nitrogen and oxygen atoms in total. The van der Waals surface area contributed by atoms with E-state index in [1.54, 1.807) is 6.20 Å². The Morgan fingerprint density at radius 1 is 1.15 bits per heavy atom. The smallest absolute Gasteiger partial charge is 0.144 e. The molecule has 1 aromatic carbocycles. The van der Waals surface area contributed by atoms with Gasteiger partial charge in [-0.1, -0.05) is 31.2 Å². The Balaban J connectivity index is 2.14. The topological polar surface area (TPSA) is 65.9 Å². The van der Waals surface area contributed by atoms with Crippen LogP contribution < -0.4 is 5.73 Å². The highest BCUT2D eigenvalue weighted by atomic mass is 15.1. The molecule has 2 N–H and O–H groups in total. The number of benzene rings is 1. The van der Waals surface area contributed by atoms with Crippen LogP contribution in [0.5, 0.6) is 0 Å². The molecule has 4 heteroatoms. The zero-order valence-corrected chi connectivity index (χ0v) is 11.6. The first-order valence-corrected chi connectivity index (χ1v) is 6.64. The summed E-state index contributed by atoms with van der Waals surface area (Å²) in [4.78, 5) is 6.34. The fraction of sp³-hybridized carbons (Fsp3) is 0.250. The lowest BCUT2D eigenvalue weighted by Crippen LogP contribution is -2.23. The van der Waals surface area contributed by atoms with Gasteiger partial charge in [0.05, 0.1) is 0 Å². The fourth-order valence-corrected chi connectivity index (χ4v) is 2.11. The van der Waals surface area contributed by atoms with E-state index in [0.717, 1.165) is 29.9 Å². The number of anilines is 1. The third kappa shape index (κ3) is 3.34. The number of hydrogen-bond donors (Lipinski definition) is 1. The maximum Gasteiger partial charge on any atom is 0.144 e. The van der Waals surface area contributed by atoms with E-state index in [0.29, 0.717) is 12.2 Å². The molecule has 0 saturated heterocycles. The van der Waals surface area contributed by atoms with Crippen molar-refractivity contribution < 1.29 is 0 Å². The van der Waals surface area contributed by atoms with Crippen LogP contribution in [0.2, 0.25) is 0 Å². The van der Waals surface area contributed by atoms with Crippen LogP contribution in [0.1, 0.15) is 23.7 Å². The zero-order valence-electron chi connectivity index (χ0n) is 11.6. The number of aromatic nitrogens is 1. The molecule has 20 heavy (non-hydrogen) atoms. The summed E-state index contributed by atoms with van der Waals surface area (Å²) in [5.41, 5.74) is 9.34. The average molecular weight is 266 g/mol. The van der Waals surface area contributed by atoms with Crippen LogP contribution in [0.25, 0.3) is 0 Å². The molecule has 0 aliphatic rings. The number of nitrogens with two attached hydrogens (primary N) is 1. The van der Waals surface area contributed by atoms with Crippen LogP contribution in [-0.4, -0.2) is 16.4 Å². The van der Waals surface area contributed by atoms with Gasteiger partial charge in [0.1, 0.15) is 11.8 Å². The van der Waals surface area contributed by atoms with E-state index in [1.165, 1.54) is 0 Å². The van der Waals surface area contributed by atoms with Crippen molar-refractivity contribution in [3.8, 4) is 6.07 Å². The van der Waals surface area contributed by atoms with Gasteiger partial charge in [-0.2, -0.15) is 5.26 Å². The molecule has 1 heterocycles. The second-order valence-electron chi connectivity index (χ2n) is 4.63. The van der Waals surface area contributed by atoms with E-state index < -0.39 is 0 Å². The third-order valence-corrected chi connectivity index (χ3v) is 3.29. The number of hydrogen-bond acceptors (Lipinski definition) is 4. The van der Waals surface area contributed by atoms with Gasteiger partial charge in [-0.25, -0.2) is 4.98 Å². The van der Waals surface area contributed by atoms with E-state index in [1.807, 2.05) is 36.4 Å². The predicted molar refractivity (Wildman–Crippen MR) is 79.6 cm³/mol. The Bertz CT molecular complexity index is 616. The Hall–Kier alpha value is -2.38. The summed E-state index contributed by atoms with van der Waals surface area (Å²) < 4.78 is 0. The van der Waals surface area contributed by atoms with Crippen LogP contribution in [0.3, 0.4) is 0 Å². The van der Waals surface area contributed by atoms with Gasteiger partial charge in [0.25, 0.3) is 0 Å². The Morgan fingerprint density at radius 3 is 2.55 bits per heavy atom. The van der Waals surface area contributed by atoms with Crippen molar-refractivity contribution in [3.63, 3.8) is 0 Å². The van der Waals surface area contributed by atoms with Gasteiger partial charge in [-0.3, -0.25) is 4.90 Å². The molecule has 0 saturated carbocycles. The third-order valence-electron chi connectivity index (χ3n) is 3.29. The maximum absolute atomic E-state index is 9.09. The second-order valence-corrected chi connectivity index (χ2v) is 4.63. The van der Waals surface area contributed by atoms with Gasteiger partial charge >= 0.3 is 0 Å². The molecule has 0 aliphatic carbocycles. The standard InChI is InChI=1S/C16H18N4/c1-2-20(11-13-6-3-4-8-15(13)18)12-14-7-5-9-19-16(14)10-17/h3-9H,2,11-12,18H2,1H3. The molecule has 0 amide bonds. The number of nitriles is 1. The lowest BCUT2D eigenvalue weighted by atomic mass is 10.1. The molecule has 0 bridgehead atoms. The molecular formula is C16H18N4. The quantitative estimate of drug-likeness (QED) is 0.845. The van der Waals surface area contributed by atoms with Gasteiger partial charge in [0.15, 0.2) is 0 Å². The number of nitrogen functional groups attached to an aromatic ring is 1. The Morgan fingerprint density at radius 2 is 1.85 bits per heavy atom. The summed E-state index contributed by atoms with van der Waals surface area (Å²) >= 11 is 0. The summed E-state index contributed by atoms with van der Waals surface area (Å²) in [6.45, 7) is 4.44. The summed E-state index contributed by atoms with van der Waals surface area (Å²) in [6.07, 6.45) is 1.65. The van der Waals surface area contributed by atoms with Gasteiger partial charge in [0, 0.05) is 30.5 Å². The number of pyridine rings is 1. The van der Waals surface area contributed by atoms with Gasteiger partial charge in [-0.05, 0) is 24.2 Å². The van der Waals surface area contributed by atoms with Crippen LogP contribution >= 0.6 is 0 Å². The van der Waals surface area contributed by atoms with Crippen LogP contribution in [0.4, 0.5) is 5.69 Å². The minimum atomic E-state index is 0.493. The van der Waals surface area contributed by atoms with E-state index in [-0.39, 0.29) is 0 Å². The van der Waals surface area contributed by atoms with Crippen molar-refractivity contribution in [1.29, 1.82) is 5.26 Å². The van der Waals surface area contributed by atoms with E-state index in [2.05, 4.69) is 22.9 Å². The van der Waals surface area contributed by atoms with E-state index in [9.17, 15) is 0 Å². The summed E-state index contributed by atoms with van der Waals surface area (Å²) in [7, 11) is 0. The highest BCUT2D eigenvalue weighted by Gasteiger charge is 2.10. The molecule has 2 aromatic rings. The minimum Gasteiger partial charge on any atom is -0.398 e. The highest BCUT2D eigenvalue weighted by Crippen LogP contribution is 2.16. The molecule has 0 aliphatic heterocycles. The number of para-hydroxylation sites is 1. The normalized spacial score (nSPS) is 10.4. The molecule has 0 radical (unpaired) electrons. The fourth-order valence-electron chi connectivity index (χ4n) is 2.11. The first-order chi connectivity index (χ1) is 9.74. The first-order valence-electron chi connectivity index (χ1n) is 6.64. The average Bonchev–Trinajstić information content (AvgIpc) is 2.49. The van der Waals surface area contributed by atoms with Crippen LogP contribution in [-0.2, 0) is 13.1 Å². The van der Waals surface area contributed by atoms with E-state index in [4.69, 9.17) is 11.0 Å². The summed E-state index contributed by atoms with van der Waals surface area (Å²) in [5, 5.41) is 9.09. The molecule has 0 fully saturated rings. The van der Waals surface area contributed by atoms with Crippen molar-refractivity contribution in [2.75, 3.05) is 12.3 Å². The molecule has 0 unspecified atom stereocenters. The van der Waals surface area contributed by atoms with Crippen molar-refractivity contribution in [1.82, 2.24) is 9.88 Å². The maximum atomic E-state index is 9.09. The molecule has 0 spiro atoms. The van der Waals surface area contributed by atoms with Gasteiger partial charge in [-0.15, -0.1) is 0 Å². The lowest BCUT2D eigenvalue weighted by molar-refractivity contribution is 0.271. The summed E-state index contributed by atoms with van der Waals surface area (Å²) in [5.74, 6) is 0. The number of nitrogens with zero attached hydrogens (tertiary/aromatic N) is 3. The summed E-state index contributed by atoms with van der Waals surface area (Å²) in [6, 6.07) is 13.8. The van der Waals surface area contributed by atoms with Crippen LogP contribution in [0.15, 0.2) is 42.6 Å². The Labute approximate surface area is 119 Å². The van der Waals surface area contributed by atoms with Crippen LogP contribution in [0, 0.1) is 11.3 Å². The first kappa shape index (κ1) is 14.0. The monoisotopic (exact) mass is 266 g/mol. The molecule has 1 aromatic heterocycles. The minimum absolute atomic E-state index is 0.493. The highest BCUT2D eigenvalue weighted by molar-refractivity contribution is 5.46. The zero-order chi connectivity index (χ0) is 14.4. The van der Waals surface area contributed by atoms with Crippen molar-refractivity contribution in [2.24, 2.45) is 0 Å². The second kappa shape index (κ2) is 6.69. The van der Waals surface area contributed by atoms with Crippen molar-refractivity contribution in [2.45, 2.75) is 20.0 Å². The Kier molecular flexibility index (Phi) is 4.70. The number of rotatable bonds is 5. The van der Waals surface area contributed by atoms with Crippen molar-refractivity contribution >= 4 is 5.69 Å². The molecule has 2 rings (SSSR count). The van der Waals surface area contributed by atoms with E-state index >= 15 is 0 Å².